The van der Waals surface area contributed by atoms with Crippen molar-refractivity contribution in [3.8, 4) is 47.2 Å². The van der Waals surface area contributed by atoms with Crippen molar-refractivity contribution in [3.05, 3.63) is 122 Å². The van der Waals surface area contributed by atoms with Gasteiger partial charge in [-0.05, 0) is 113 Å². The highest BCUT2D eigenvalue weighted by atomic mass is 16.5. The first-order valence-corrected chi connectivity index (χ1v) is 22.5. The maximum atomic E-state index is 12.9. The molecule has 1 aliphatic carbocycles. The lowest BCUT2D eigenvalue weighted by Gasteiger charge is -2.29. The zero-order chi connectivity index (χ0) is 52.8. The molecule has 4 heterocycles. The summed E-state index contributed by atoms with van der Waals surface area (Å²) < 4.78 is 8.14. The van der Waals surface area contributed by atoms with Crippen LogP contribution in [0, 0.1) is 44.5 Å². The number of aryl methyl sites for hydroxylation is 2. The van der Waals surface area contributed by atoms with Crippen LogP contribution in [-0.4, -0.2) is 119 Å². The molecular weight excluding hydrogens is 871 g/mol. The molecule has 2 saturated heterocycles. The van der Waals surface area contributed by atoms with Crippen molar-refractivity contribution in [1.29, 1.82) is 0 Å². The fourth-order valence-corrected chi connectivity index (χ4v) is 8.04. The summed E-state index contributed by atoms with van der Waals surface area (Å²) >= 11 is 0. The third-order valence-electron chi connectivity index (χ3n) is 11.5. The SMILES string of the molecule is C#C.C=C.C=C.C=C.CCCC(=O)N1C2CC2C[C@H]1c1ncc(-c2ccc(C#Cc3ccc(-c4cnc([C@@H]5CC(N(C)C(C)CC=O)CN5C)[nH]4)cc3C)c(C)c2)[nH]1.COC.COC(N)=O.NC=O. The Balaban J connectivity index is 0.00000213. The number of imidazole rings is 2. The molecule has 69 heavy (non-hydrogen) atoms. The average molecular weight is 948 g/mol. The number of hydrogen-bond donors (Lipinski definition) is 4. The Bertz CT molecular complexity index is 2250. The second-order valence-corrected chi connectivity index (χ2v) is 15.9. The number of primary amides is 2. The van der Waals surface area contributed by atoms with Crippen LogP contribution in [0.2, 0.25) is 0 Å². The number of carbonyl (C=O) groups excluding carboxylic acids is 4. The zero-order valence-corrected chi connectivity index (χ0v) is 42.4. The first-order valence-electron chi connectivity index (χ1n) is 22.5. The molecule has 1 saturated carbocycles. The lowest BCUT2D eigenvalue weighted by atomic mass is 10.0. The predicted molar refractivity (Wildman–Crippen MR) is 280 cm³/mol. The quantitative estimate of drug-likeness (QED) is 0.0679. The second kappa shape index (κ2) is 33.4. The molecule has 7 rings (SSSR count). The van der Waals surface area contributed by atoms with E-state index in [1.165, 1.54) is 7.11 Å². The van der Waals surface area contributed by atoms with Gasteiger partial charge in [0, 0.05) is 62.9 Å². The van der Waals surface area contributed by atoms with Crippen LogP contribution in [0.15, 0.2) is 88.3 Å². The maximum absolute atomic E-state index is 12.9. The maximum Gasteiger partial charge on any atom is 0.404 e. The number of rotatable bonds is 10. The number of amides is 3. The highest BCUT2D eigenvalue weighted by molar-refractivity contribution is 5.78. The van der Waals surface area contributed by atoms with Crippen LogP contribution >= 0.6 is 0 Å². The monoisotopic (exact) mass is 948 g/mol. The topological polar surface area (TPSA) is 206 Å². The van der Waals surface area contributed by atoms with Crippen LogP contribution in [-0.2, 0) is 23.9 Å². The fourth-order valence-electron chi connectivity index (χ4n) is 8.04. The van der Waals surface area contributed by atoms with E-state index in [0.29, 0.717) is 30.8 Å². The van der Waals surface area contributed by atoms with Gasteiger partial charge < -0.3 is 40.6 Å². The number of likely N-dealkylation sites (tertiary alicyclic amines) is 2. The number of nitrogens with two attached hydrogens (primary N) is 2. The Hall–Kier alpha value is -7.04. The standard InChI is InChI=1S/C41H49N7O2.C2H5NO2.C2H6O.3C2H4.C2H2.CH3NO/c1-7-8-39(50)48-36-19-32(36)20-38(48)41-43-23-35(45-41)31-14-12-29(26(3)18-31)10-9-28-11-13-30(17-25(28)2)34-22-42-40(44-34)37-21-33(24-46(37)5)47(6)27(4)15-16-49;1-5-2(3)4;1-3-2;4*1-2;2-1-3/h11-14,16-18,22-23,27,32-33,36-38H,7-8,15,19-21,24H2,1-6H3,(H,42,44)(H,43,45);1H3,(H2,3,4);1-2H3;3*1-2H2;1-2H;1H,(H2,2,3)/t27?,32?,33?,36?,37-,38-;;;;;;;/m0......./s1. The van der Waals surface area contributed by atoms with Crippen LogP contribution in [0.4, 0.5) is 4.79 Å². The third-order valence-corrected chi connectivity index (χ3v) is 11.5. The number of nitrogens with zero attached hydrogens (tertiary/aromatic N) is 5. The molecule has 3 aliphatic rings. The number of ether oxygens (including phenoxy) is 2. The van der Waals surface area contributed by atoms with Gasteiger partial charge in [0.1, 0.15) is 17.9 Å². The second-order valence-electron chi connectivity index (χ2n) is 15.9. The van der Waals surface area contributed by atoms with Gasteiger partial charge in [-0.3, -0.25) is 19.4 Å². The first kappa shape index (κ1) is 62.0. The van der Waals surface area contributed by atoms with Gasteiger partial charge in [0.15, 0.2) is 0 Å². The zero-order valence-electron chi connectivity index (χ0n) is 42.4. The number of aromatic nitrogens is 4. The molecule has 0 bridgehead atoms. The molecule has 6 atom stereocenters. The van der Waals surface area contributed by atoms with Crippen LogP contribution in [0.5, 0.6) is 0 Å². The molecule has 3 fully saturated rings. The van der Waals surface area contributed by atoms with E-state index in [0.717, 1.165) is 94.9 Å². The molecule has 15 nitrogen and oxygen atoms in total. The van der Waals surface area contributed by atoms with Crippen molar-refractivity contribution in [2.75, 3.05) is 42.0 Å². The van der Waals surface area contributed by atoms with Gasteiger partial charge in [0.25, 0.3) is 0 Å². The van der Waals surface area contributed by atoms with E-state index < -0.39 is 6.09 Å². The average Bonchev–Trinajstić information content (AvgIpc) is 3.85. The largest absolute Gasteiger partial charge is 0.453 e. The van der Waals surface area contributed by atoms with Crippen LogP contribution in [0.1, 0.15) is 98.4 Å². The Morgan fingerprint density at radius 3 is 1.74 bits per heavy atom. The minimum Gasteiger partial charge on any atom is -0.453 e. The summed E-state index contributed by atoms with van der Waals surface area (Å²) in [4.78, 5) is 65.3. The molecule has 374 valence electrons. The van der Waals surface area contributed by atoms with Crippen molar-refractivity contribution in [2.24, 2.45) is 17.4 Å². The summed E-state index contributed by atoms with van der Waals surface area (Å²) in [7, 11) is 8.74. The fraction of sp³-hybridized carbons (Fsp3) is 0.407. The number of piperidine rings is 1. The first-order chi connectivity index (χ1) is 33.2. The number of aromatic amines is 2. The highest BCUT2D eigenvalue weighted by Gasteiger charge is 2.54. The Labute approximate surface area is 411 Å². The van der Waals surface area contributed by atoms with Gasteiger partial charge >= 0.3 is 6.09 Å². The summed E-state index contributed by atoms with van der Waals surface area (Å²) in [5.74, 6) is 9.57. The van der Waals surface area contributed by atoms with Crippen molar-refractivity contribution in [1.82, 2.24) is 34.6 Å². The lowest BCUT2D eigenvalue weighted by molar-refractivity contribution is -0.133. The van der Waals surface area contributed by atoms with Crippen molar-refractivity contribution < 1.29 is 28.7 Å². The number of benzene rings is 2. The van der Waals surface area contributed by atoms with Crippen molar-refractivity contribution in [3.63, 3.8) is 0 Å². The summed E-state index contributed by atoms with van der Waals surface area (Å²) in [6.45, 7) is 27.3. The molecule has 4 unspecified atom stereocenters. The summed E-state index contributed by atoms with van der Waals surface area (Å²) in [5.41, 5.74) is 16.9. The lowest BCUT2D eigenvalue weighted by Crippen LogP contribution is -2.40. The molecule has 2 aromatic carbocycles. The molecule has 0 spiro atoms. The van der Waals surface area contributed by atoms with Gasteiger partial charge in [-0.1, -0.05) is 30.9 Å². The normalized spacial score (nSPS) is 18.1. The van der Waals surface area contributed by atoms with E-state index in [-0.39, 0.29) is 30.4 Å². The number of terminal acetylenes is 1. The number of nitrogens with one attached hydrogen (secondary N) is 2. The third kappa shape index (κ3) is 18.2. The highest BCUT2D eigenvalue weighted by Crippen LogP contribution is 2.53. The number of fused-ring (bicyclic) bond motifs is 1. The molecule has 6 N–H and O–H groups in total. The predicted octanol–water partition coefficient (Wildman–Crippen LogP) is 8.33. The van der Waals surface area contributed by atoms with Crippen LogP contribution in [0.3, 0.4) is 0 Å². The number of likely N-dealkylation sites (N-methyl/N-ethyl adjacent to an activating group) is 2. The summed E-state index contributed by atoms with van der Waals surface area (Å²) in [6.07, 6.45) is 17.5. The molecule has 0 radical (unpaired) electrons. The van der Waals surface area contributed by atoms with E-state index >= 15 is 0 Å². The van der Waals surface area contributed by atoms with E-state index in [1.54, 1.807) is 14.2 Å². The number of hydrogen-bond acceptors (Lipinski definition) is 10. The van der Waals surface area contributed by atoms with Gasteiger partial charge in [-0.15, -0.1) is 52.3 Å². The van der Waals surface area contributed by atoms with E-state index in [9.17, 15) is 14.4 Å². The van der Waals surface area contributed by atoms with Crippen molar-refractivity contribution in [2.45, 2.75) is 96.4 Å². The minimum atomic E-state index is -0.745. The number of carbonyl (C=O) groups is 4. The molecule has 4 aromatic rings. The van der Waals surface area contributed by atoms with Crippen molar-refractivity contribution >= 4 is 24.7 Å². The number of methoxy groups -OCH3 is 2. The molecular formula is C54H77N9O6. The van der Waals surface area contributed by atoms with Gasteiger partial charge in [-0.25, -0.2) is 14.8 Å². The van der Waals surface area contributed by atoms with Crippen LogP contribution in [0.25, 0.3) is 22.5 Å². The van der Waals surface area contributed by atoms with Gasteiger partial charge in [0.05, 0.1) is 43.0 Å². The van der Waals surface area contributed by atoms with E-state index in [1.807, 2.05) is 12.4 Å². The molecule has 3 amide bonds. The Morgan fingerprint density at radius 1 is 0.884 bits per heavy atom. The van der Waals surface area contributed by atoms with E-state index in [4.69, 9.17) is 14.8 Å². The Kier molecular flexibility index (Phi) is 30.0. The number of H-pyrrole nitrogens is 2. The Morgan fingerprint density at radius 2 is 1.33 bits per heavy atom. The summed E-state index contributed by atoms with van der Waals surface area (Å²) in [6, 6.07) is 14.0. The van der Waals surface area contributed by atoms with Gasteiger partial charge in [-0.2, -0.15) is 0 Å². The van der Waals surface area contributed by atoms with Gasteiger partial charge in [0.2, 0.25) is 12.3 Å². The summed E-state index contributed by atoms with van der Waals surface area (Å²) in [5, 5.41) is 0. The molecule has 15 heteroatoms. The molecule has 2 aliphatic heterocycles. The number of aldehydes is 1. The molecule has 2 aromatic heterocycles. The van der Waals surface area contributed by atoms with E-state index in [2.05, 4.69) is 188 Å². The smallest absolute Gasteiger partial charge is 0.404 e. The van der Waals surface area contributed by atoms with Crippen LogP contribution < -0.4 is 11.5 Å². The minimum absolute atomic E-state index is 0.0568.